The predicted molar refractivity (Wildman–Crippen MR) is 124 cm³/mol. The summed E-state index contributed by atoms with van der Waals surface area (Å²) in [5.74, 6) is 0.278. The molecule has 4 N–H and O–H groups in total. The van der Waals surface area contributed by atoms with Crippen LogP contribution in [0.5, 0.6) is 0 Å². The van der Waals surface area contributed by atoms with Gasteiger partial charge in [-0.3, -0.25) is 4.79 Å². The molecule has 0 radical (unpaired) electrons. The summed E-state index contributed by atoms with van der Waals surface area (Å²) in [7, 11) is 0. The molecule has 1 unspecified atom stereocenters. The number of nitrogens with zero attached hydrogens (tertiary/aromatic N) is 1. The standard InChI is InChI=1S/C23H23Cl2N3O3/c1-14(12-29)27-22-10-19(20(25)11-26-22)15-5-7-16(8-6-15)23(31)28-21(13-30)17-3-2-4-18(24)9-17/h2-11,14,21,29-30H,12-13H2,1H3,(H,26,27)(H,28,31)/t14?,21-/m1/s1. The van der Waals surface area contributed by atoms with Gasteiger partial charge in [-0.25, -0.2) is 4.98 Å². The minimum Gasteiger partial charge on any atom is -0.394 e. The van der Waals surface area contributed by atoms with E-state index in [9.17, 15) is 15.0 Å². The quantitative estimate of drug-likeness (QED) is 0.402. The van der Waals surface area contributed by atoms with E-state index in [1.807, 2.05) is 6.92 Å². The number of aliphatic hydroxyl groups is 2. The van der Waals surface area contributed by atoms with Gasteiger partial charge in [0.05, 0.1) is 24.3 Å². The molecule has 8 heteroatoms. The number of hydrogen-bond donors (Lipinski definition) is 4. The Morgan fingerprint density at radius 2 is 1.81 bits per heavy atom. The van der Waals surface area contributed by atoms with Crippen LogP contribution in [0.25, 0.3) is 11.1 Å². The molecule has 2 aromatic carbocycles. The maximum absolute atomic E-state index is 12.7. The molecule has 3 aromatic rings. The molecule has 0 spiro atoms. The molecule has 162 valence electrons. The van der Waals surface area contributed by atoms with Gasteiger partial charge < -0.3 is 20.8 Å². The Hall–Kier alpha value is -2.64. The van der Waals surface area contributed by atoms with E-state index < -0.39 is 6.04 Å². The minimum absolute atomic E-state index is 0.0204. The Morgan fingerprint density at radius 1 is 1.06 bits per heavy atom. The Labute approximate surface area is 190 Å². The zero-order valence-corrected chi connectivity index (χ0v) is 18.4. The summed E-state index contributed by atoms with van der Waals surface area (Å²) in [6.45, 7) is 1.57. The number of amides is 1. The maximum atomic E-state index is 12.7. The fourth-order valence-corrected chi connectivity index (χ4v) is 3.45. The van der Waals surface area contributed by atoms with Crippen LogP contribution in [0.1, 0.15) is 28.9 Å². The number of aliphatic hydroxyl groups excluding tert-OH is 2. The highest BCUT2D eigenvalue weighted by molar-refractivity contribution is 6.33. The van der Waals surface area contributed by atoms with Gasteiger partial charge >= 0.3 is 0 Å². The van der Waals surface area contributed by atoms with E-state index in [4.69, 9.17) is 23.2 Å². The van der Waals surface area contributed by atoms with E-state index in [-0.39, 0.29) is 25.2 Å². The van der Waals surface area contributed by atoms with E-state index in [0.29, 0.717) is 21.4 Å². The zero-order chi connectivity index (χ0) is 22.4. The van der Waals surface area contributed by atoms with Crippen molar-refractivity contribution in [3.05, 3.63) is 82.0 Å². The molecule has 0 fully saturated rings. The van der Waals surface area contributed by atoms with Crippen LogP contribution < -0.4 is 10.6 Å². The minimum atomic E-state index is -0.567. The Kier molecular flexibility index (Phi) is 7.87. The number of carbonyl (C=O) groups excluding carboxylic acids is 1. The lowest BCUT2D eigenvalue weighted by molar-refractivity contribution is 0.0916. The molecule has 31 heavy (non-hydrogen) atoms. The third kappa shape index (κ3) is 5.95. The third-order valence-electron chi connectivity index (χ3n) is 4.72. The fourth-order valence-electron chi connectivity index (χ4n) is 3.04. The number of benzene rings is 2. The van der Waals surface area contributed by atoms with Crippen LogP contribution in [0.2, 0.25) is 10.0 Å². The van der Waals surface area contributed by atoms with Crippen LogP contribution >= 0.6 is 23.2 Å². The van der Waals surface area contributed by atoms with Gasteiger partial charge in [0.2, 0.25) is 0 Å². The molecular weight excluding hydrogens is 437 g/mol. The summed E-state index contributed by atoms with van der Waals surface area (Å²) in [6.07, 6.45) is 1.54. The van der Waals surface area contributed by atoms with Gasteiger partial charge in [-0.2, -0.15) is 0 Å². The number of pyridine rings is 1. The van der Waals surface area contributed by atoms with Gasteiger partial charge in [0.25, 0.3) is 5.91 Å². The Bertz CT molecular complexity index is 1040. The van der Waals surface area contributed by atoms with E-state index in [1.165, 1.54) is 0 Å². The van der Waals surface area contributed by atoms with Gasteiger partial charge in [0.1, 0.15) is 5.82 Å². The van der Waals surface area contributed by atoms with Crippen molar-refractivity contribution in [1.29, 1.82) is 0 Å². The zero-order valence-electron chi connectivity index (χ0n) is 16.8. The van der Waals surface area contributed by atoms with Crippen molar-refractivity contribution in [3.63, 3.8) is 0 Å². The highest BCUT2D eigenvalue weighted by atomic mass is 35.5. The summed E-state index contributed by atoms with van der Waals surface area (Å²) in [6, 6.07) is 15.1. The average Bonchev–Trinajstić information content (AvgIpc) is 2.78. The second-order valence-electron chi connectivity index (χ2n) is 7.12. The summed E-state index contributed by atoms with van der Waals surface area (Å²) < 4.78 is 0. The first kappa shape index (κ1) is 23.0. The van der Waals surface area contributed by atoms with Gasteiger partial charge in [0, 0.05) is 28.4 Å². The SMILES string of the molecule is CC(CO)Nc1cc(-c2ccc(C(=O)N[C@H](CO)c3cccc(Cl)c3)cc2)c(Cl)cn1. The molecule has 1 heterocycles. The average molecular weight is 460 g/mol. The van der Waals surface area contributed by atoms with Gasteiger partial charge in [-0.1, -0.05) is 47.5 Å². The van der Waals surface area contributed by atoms with Crippen LogP contribution in [0.4, 0.5) is 5.82 Å². The van der Waals surface area contributed by atoms with Crippen molar-refractivity contribution < 1.29 is 15.0 Å². The Balaban J connectivity index is 1.76. The molecule has 1 amide bonds. The number of hydrogen-bond acceptors (Lipinski definition) is 5. The topological polar surface area (TPSA) is 94.5 Å². The lowest BCUT2D eigenvalue weighted by atomic mass is 10.0. The van der Waals surface area contributed by atoms with Gasteiger partial charge in [0.15, 0.2) is 0 Å². The molecule has 0 aliphatic rings. The van der Waals surface area contributed by atoms with Crippen molar-refractivity contribution in [1.82, 2.24) is 10.3 Å². The number of carbonyl (C=O) groups is 1. The molecule has 0 saturated heterocycles. The highest BCUT2D eigenvalue weighted by Gasteiger charge is 2.16. The molecule has 0 aliphatic carbocycles. The van der Waals surface area contributed by atoms with Crippen molar-refractivity contribution in [2.75, 3.05) is 18.5 Å². The van der Waals surface area contributed by atoms with E-state index in [0.717, 1.165) is 16.7 Å². The third-order valence-corrected chi connectivity index (χ3v) is 5.26. The monoisotopic (exact) mass is 459 g/mol. The number of aromatic nitrogens is 1. The molecule has 2 atom stereocenters. The summed E-state index contributed by atoms with van der Waals surface area (Å²) in [5.41, 5.74) is 2.74. The first-order valence-corrected chi connectivity index (χ1v) is 10.5. The van der Waals surface area contributed by atoms with Crippen molar-refractivity contribution in [3.8, 4) is 11.1 Å². The molecule has 3 rings (SSSR count). The van der Waals surface area contributed by atoms with Crippen molar-refractivity contribution >= 4 is 34.9 Å². The van der Waals surface area contributed by atoms with Crippen LogP contribution in [-0.4, -0.2) is 40.4 Å². The van der Waals surface area contributed by atoms with Gasteiger partial charge in [-0.15, -0.1) is 0 Å². The largest absolute Gasteiger partial charge is 0.394 e. The van der Waals surface area contributed by atoms with Crippen LogP contribution in [0.3, 0.4) is 0 Å². The molecule has 0 saturated carbocycles. The van der Waals surface area contributed by atoms with Gasteiger partial charge in [-0.05, 0) is 48.4 Å². The van der Waals surface area contributed by atoms with Crippen molar-refractivity contribution in [2.24, 2.45) is 0 Å². The second-order valence-corrected chi connectivity index (χ2v) is 7.96. The number of nitrogens with one attached hydrogen (secondary N) is 2. The van der Waals surface area contributed by atoms with Crippen molar-refractivity contribution in [2.45, 2.75) is 19.0 Å². The lowest BCUT2D eigenvalue weighted by Gasteiger charge is -2.17. The normalized spacial score (nSPS) is 12.8. The molecule has 6 nitrogen and oxygen atoms in total. The predicted octanol–water partition coefficient (Wildman–Crippen LogP) is 4.31. The first-order chi connectivity index (χ1) is 14.9. The lowest BCUT2D eigenvalue weighted by Crippen LogP contribution is -2.30. The van der Waals surface area contributed by atoms with Crippen LogP contribution in [0, 0.1) is 0 Å². The van der Waals surface area contributed by atoms with Crippen LogP contribution in [-0.2, 0) is 0 Å². The smallest absolute Gasteiger partial charge is 0.251 e. The molecule has 1 aromatic heterocycles. The molecule has 0 bridgehead atoms. The summed E-state index contributed by atoms with van der Waals surface area (Å²) in [5, 5.41) is 25.8. The number of rotatable bonds is 8. The maximum Gasteiger partial charge on any atom is 0.251 e. The Morgan fingerprint density at radius 3 is 2.45 bits per heavy atom. The number of anilines is 1. The first-order valence-electron chi connectivity index (χ1n) is 9.71. The highest BCUT2D eigenvalue weighted by Crippen LogP contribution is 2.30. The summed E-state index contributed by atoms with van der Waals surface area (Å²) in [4.78, 5) is 16.9. The second kappa shape index (κ2) is 10.6. The summed E-state index contributed by atoms with van der Waals surface area (Å²) >= 11 is 12.3. The fraction of sp³-hybridized carbons (Fsp3) is 0.217. The molecule has 0 aliphatic heterocycles. The van der Waals surface area contributed by atoms with E-state index in [1.54, 1.807) is 60.8 Å². The number of halogens is 2. The van der Waals surface area contributed by atoms with E-state index in [2.05, 4.69) is 15.6 Å². The van der Waals surface area contributed by atoms with Crippen LogP contribution in [0.15, 0.2) is 60.8 Å². The van der Waals surface area contributed by atoms with E-state index >= 15 is 0 Å². The molecular formula is C23H23Cl2N3O3.